The Morgan fingerprint density at radius 3 is 1.18 bits per heavy atom. The Morgan fingerprint density at radius 2 is 0.791 bits per heavy atom. The summed E-state index contributed by atoms with van der Waals surface area (Å²) >= 11 is 0. The Balaban J connectivity index is 1.14. The summed E-state index contributed by atoms with van der Waals surface area (Å²) in [7, 11) is 0. The number of hydrogen-bond acceptors (Lipinski definition) is 4. The van der Waals surface area contributed by atoms with Gasteiger partial charge in [-0.3, -0.25) is 9.59 Å². The van der Waals surface area contributed by atoms with Crippen LogP contribution in [0.2, 0.25) is 0 Å². The maximum absolute atomic E-state index is 14.7. The van der Waals surface area contributed by atoms with Crippen LogP contribution in [-0.2, 0) is 22.4 Å². The highest BCUT2D eigenvalue weighted by atomic mass is 16.3. The molecule has 0 saturated heterocycles. The quantitative estimate of drug-likeness (QED) is 0.0727. The summed E-state index contributed by atoms with van der Waals surface area (Å²) in [5, 5.41) is 37.1. The van der Waals surface area contributed by atoms with Gasteiger partial charge in [0.15, 0.2) is 0 Å². The van der Waals surface area contributed by atoms with E-state index >= 15 is 0 Å². The molecule has 4 atom stereocenters. The molecule has 0 spiro atoms. The first-order valence-electron chi connectivity index (χ1n) is 23.3. The number of benzene rings is 8. The number of carbonyl (C=O) groups excluding carboxylic acids is 2. The van der Waals surface area contributed by atoms with Crippen LogP contribution in [0.15, 0.2) is 182 Å². The van der Waals surface area contributed by atoms with Gasteiger partial charge in [-0.2, -0.15) is 0 Å². The number of nitrogens with one attached hydrogen (secondary N) is 2. The molecule has 0 bridgehead atoms. The summed E-state index contributed by atoms with van der Waals surface area (Å²) < 4.78 is 0. The van der Waals surface area contributed by atoms with Crippen LogP contribution in [-0.4, -0.2) is 46.3 Å². The highest BCUT2D eigenvalue weighted by molar-refractivity contribution is 6.04. The van der Waals surface area contributed by atoms with Gasteiger partial charge in [0.25, 0.3) is 0 Å². The van der Waals surface area contributed by atoms with Crippen molar-refractivity contribution in [3.05, 3.63) is 238 Å². The van der Waals surface area contributed by atoms with Gasteiger partial charge in [0, 0.05) is 37.8 Å². The van der Waals surface area contributed by atoms with Crippen molar-refractivity contribution in [1.29, 1.82) is 0 Å². The molecule has 0 aromatic heterocycles. The van der Waals surface area contributed by atoms with Crippen LogP contribution in [0.3, 0.4) is 0 Å². The van der Waals surface area contributed by atoms with Crippen molar-refractivity contribution in [2.45, 2.75) is 77.4 Å². The molecule has 0 aliphatic heterocycles. The van der Waals surface area contributed by atoms with E-state index in [0.717, 1.165) is 77.2 Å². The van der Waals surface area contributed by atoms with Crippen LogP contribution in [0.4, 0.5) is 0 Å². The van der Waals surface area contributed by atoms with Crippen molar-refractivity contribution in [2.24, 2.45) is 5.41 Å². The molecular formula is C61H62N2O4. The van der Waals surface area contributed by atoms with Gasteiger partial charge < -0.3 is 20.8 Å². The van der Waals surface area contributed by atoms with Crippen molar-refractivity contribution in [1.82, 2.24) is 10.6 Å². The third-order valence-corrected chi connectivity index (χ3v) is 13.5. The van der Waals surface area contributed by atoms with Crippen molar-refractivity contribution in [3.63, 3.8) is 0 Å². The average Bonchev–Trinajstić information content (AvgIpc) is 3.30. The van der Waals surface area contributed by atoms with Crippen molar-refractivity contribution in [3.8, 4) is 0 Å². The number of aryl methyl sites for hydroxylation is 4. The molecule has 4 N–H and O–H groups in total. The van der Waals surface area contributed by atoms with E-state index in [9.17, 15) is 19.8 Å². The molecule has 0 aliphatic carbocycles. The molecule has 8 aromatic carbocycles. The van der Waals surface area contributed by atoms with E-state index in [1.54, 1.807) is 13.8 Å². The molecule has 6 nitrogen and oxygen atoms in total. The molecule has 6 heteroatoms. The zero-order valence-electron chi connectivity index (χ0n) is 39.5. The minimum Gasteiger partial charge on any atom is -0.387 e. The van der Waals surface area contributed by atoms with E-state index in [2.05, 4.69) is 83.4 Å². The Bertz CT molecular complexity index is 2850. The minimum atomic E-state index is -1.61. The maximum Gasteiger partial charge on any atom is 0.235 e. The zero-order valence-corrected chi connectivity index (χ0v) is 39.5. The largest absolute Gasteiger partial charge is 0.387 e. The third kappa shape index (κ3) is 10.3. The van der Waals surface area contributed by atoms with Gasteiger partial charge in [0.1, 0.15) is 5.41 Å². The molecule has 0 radical (unpaired) electrons. The number of fused-ring (bicyclic) bond motifs is 2. The van der Waals surface area contributed by atoms with Crippen LogP contribution in [0, 0.1) is 33.1 Å². The lowest BCUT2D eigenvalue weighted by molar-refractivity contribution is -0.143. The van der Waals surface area contributed by atoms with Crippen LogP contribution in [0.5, 0.6) is 0 Å². The molecule has 4 unspecified atom stereocenters. The first-order valence-corrected chi connectivity index (χ1v) is 23.3. The van der Waals surface area contributed by atoms with Crippen LogP contribution in [0.1, 0.15) is 81.3 Å². The van der Waals surface area contributed by atoms with E-state index in [1.165, 1.54) is 0 Å². The predicted molar refractivity (Wildman–Crippen MR) is 273 cm³/mol. The Labute approximate surface area is 395 Å². The lowest BCUT2D eigenvalue weighted by Crippen LogP contribution is -2.56. The summed E-state index contributed by atoms with van der Waals surface area (Å²) in [4.78, 5) is 29.4. The Morgan fingerprint density at radius 1 is 0.448 bits per heavy atom. The molecule has 67 heavy (non-hydrogen) atoms. The fraction of sp³-hybridized carbons (Fsp3) is 0.246. The topological polar surface area (TPSA) is 98.7 Å². The number of rotatable bonds is 16. The summed E-state index contributed by atoms with van der Waals surface area (Å²) in [6, 6.07) is 61.2. The van der Waals surface area contributed by atoms with Crippen molar-refractivity contribution in [2.75, 3.05) is 13.1 Å². The van der Waals surface area contributed by atoms with E-state index in [4.69, 9.17) is 0 Å². The van der Waals surface area contributed by atoms with Gasteiger partial charge in [-0.15, -0.1) is 0 Å². The number of hydrogen-bond donors (Lipinski definition) is 4. The van der Waals surface area contributed by atoms with Gasteiger partial charge in [-0.25, -0.2) is 0 Å². The summed E-state index contributed by atoms with van der Waals surface area (Å²) in [5.74, 6) is -2.22. The second-order valence-corrected chi connectivity index (χ2v) is 19.4. The normalized spacial score (nSPS) is 14.4. The minimum absolute atomic E-state index is 0.147. The molecular weight excluding hydrogens is 825 g/mol. The summed E-state index contributed by atoms with van der Waals surface area (Å²) in [5.41, 5.74) is 5.07. The molecule has 0 heterocycles. The molecule has 0 aliphatic rings. The average molecular weight is 887 g/mol. The number of amides is 2. The smallest absolute Gasteiger partial charge is 0.235 e. The second-order valence-electron chi connectivity index (χ2n) is 19.4. The number of carbonyl (C=O) groups is 2. The van der Waals surface area contributed by atoms with Gasteiger partial charge >= 0.3 is 0 Å². The van der Waals surface area contributed by atoms with Gasteiger partial charge in [0.2, 0.25) is 11.8 Å². The van der Waals surface area contributed by atoms with Crippen LogP contribution in [0.25, 0.3) is 21.5 Å². The zero-order chi connectivity index (χ0) is 47.3. The van der Waals surface area contributed by atoms with Gasteiger partial charge in [-0.05, 0) is 96.5 Å². The summed E-state index contributed by atoms with van der Waals surface area (Å²) in [6.07, 6.45) is 0.452. The molecule has 8 aromatic rings. The fourth-order valence-electron chi connectivity index (χ4n) is 10.2. The predicted octanol–water partition coefficient (Wildman–Crippen LogP) is 11.4. The fourth-order valence-corrected chi connectivity index (χ4v) is 10.2. The van der Waals surface area contributed by atoms with E-state index in [0.29, 0.717) is 0 Å². The lowest BCUT2D eigenvalue weighted by Gasteiger charge is -2.40. The van der Waals surface area contributed by atoms with E-state index in [1.807, 2.05) is 137 Å². The maximum atomic E-state index is 14.7. The molecule has 8 rings (SSSR count). The van der Waals surface area contributed by atoms with Crippen LogP contribution >= 0.6 is 0 Å². The van der Waals surface area contributed by atoms with Crippen molar-refractivity contribution < 1.29 is 19.8 Å². The van der Waals surface area contributed by atoms with E-state index in [-0.39, 0.29) is 25.9 Å². The highest BCUT2D eigenvalue weighted by Crippen LogP contribution is 2.43. The molecule has 0 fully saturated rings. The Hall–Kier alpha value is -6.86. The van der Waals surface area contributed by atoms with Crippen molar-refractivity contribution >= 4 is 33.4 Å². The lowest BCUT2D eigenvalue weighted by atomic mass is 9.72. The highest BCUT2D eigenvalue weighted by Gasteiger charge is 2.45. The molecule has 2 amide bonds. The third-order valence-electron chi connectivity index (χ3n) is 13.5. The van der Waals surface area contributed by atoms with E-state index < -0.39 is 40.3 Å². The first-order chi connectivity index (χ1) is 32.1. The Kier molecular flexibility index (Phi) is 13.6. The monoisotopic (exact) mass is 886 g/mol. The summed E-state index contributed by atoms with van der Waals surface area (Å²) in [6.45, 7) is 11.0. The van der Waals surface area contributed by atoms with Gasteiger partial charge in [-0.1, -0.05) is 204 Å². The SMILES string of the molecule is Cc1cccc(CC(O)(CNC(=O)C(C)(C)C(=O)NCC(O)(Cc2cccc(C)c2)C(c2cccc(C)c2)c2cccc3ccccc23)C(c2cccc(C)c2)c2cccc3ccccc23)c1. The molecule has 0 saturated carbocycles. The number of aliphatic hydroxyl groups is 2. The second kappa shape index (κ2) is 19.5. The standard InChI is InChI=1S/C61H62N2O4/c1-41-17-11-21-45(33-41)37-60(66,55(49-27-13-19-43(3)35-49)53-31-15-25-47-23-7-9-29-51(47)53)39-62-57(64)59(5,6)58(65)63-40-61(67,38-46-22-12-18-42(2)34-46)56(50-28-14-20-44(4)36-50)54-32-16-26-48-24-8-10-30-52(48)54/h7-36,55-56,66-67H,37-40H2,1-6H3,(H,62,64)(H,63,65). The first kappa shape index (κ1) is 46.7. The van der Waals surface area contributed by atoms with Gasteiger partial charge in [0.05, 0.1) is 11.2 Å². The molecule has 340 valence electrons. The van der Waals surface area contributed by atoms with Crippen LogP contribution < -0.4 is 10.6 Å².